The first kappa shape index (κ1) is 8.30. The van der Waals surface area contributed by atoms with Crippen LogP contribution >= 0.6 is 0 Å². The van der Waals surface area contributed by atoms with Crippen LogP contribution in [0.15, 0.2) is 67.0 Å². The highest BCUT2D eigenvalue weighted by Gasteiger charge is 2.01. The van der Waals surface area contributed by atoms with Gasteiger partial charge in [-0.05, 0) is 23.8 Å². The van der Waals surface area contributed by atoms with Crippen molar-refractivity contribution in [1.29, 1.82) is 0 Å². The van der Waals surface area contributed by atoms with Gasteiger partial charge in [0.15, 0.2) is 0 Å². The van der Waals surface area contributed by atoms with Crippen LogP contribution in [0.4, 0.5) is 0 Å². The van der Waals surface area contributed by atoms with Crippen LogP contribution < -0.4 is 0 Å². The lowest BCUT2D eigenvalue weighted by Gasteiger charge is -2.04. The Morgan fingerprint density at radius 2 is 1.40 bits per heavy atom. The maximum absolute atomic E-state index is 2.16. The van der Waals surface area contributed by atoms with Crippen molar-refractivity contribution in [2.75, 3.05) is 0 Å². The quantitative estimate of drug-likeness (QED) is 0.556. The molecule has 3 aromatic rings. The molecule has 2 heterocycles. The third-order valence-electron chi connectivity index (χ3n) is 2.65. The summed E-state index contributed by atoms with van der Waals surface area (Å²) in [6, 6.07) is 18.9. The molecule has 1 heteroatoms. The molecule has 0 saturated carbocycles. The molecule has 0 radical (unpaired) electrons. The summed E-state index contributed by atoms with van der Waals surface area (Å²) in [5.41, 5.74) is 3.80. The Kier molecular flexibility index (Phi) is 1.82. The largest absolute Gasteiger partial charge is 0.323 e. The first-order chi connectivity index (χ1) is 7.45. The zero-order chi connectivity index (χ0) is 10.1. The number of pyridine rings is 1. The zero-order valence-corrected chi connectivity index (χ0v) is 8.30. The average molecular weight is 193 g/mol. The summed E-state index contributed by atoms with van der Waals surface area (Å²) in [4.78, 5) is 0. The summed E-state index contributed by atoms with van der Waals surface area (Å²) in [5.74, 6) is 0. The fourth-order valence-corrected chi connectivity index (χ4v) is 1.93. The van der Waals surface area contributed by atoms with Crippen molar-refractivity contribution in [3.8, 4) is 11.1 Å². The van der Waals surface area contributed by atoms with Crippen LogP contribution in [-0.4, -0.2) is 4.40 Å². The summed E-state index contributed by atoms with van der Waals surface area (Å²) in [5, 5.41) is 0. The Morgan fingerprint density at radius 3 is 2.20 bits per heavy atom. The van der Waals surface area contributed by atoms with E-state index >= 15 is 0 Å². The Bertz CT molecular complexity index is 578. The Balaban J connectivity index is 2.31. The van der Waals surface area contributed by atoms with Crippen molar-refractivity contribution >= 4 is 5.52 Å². The fraction of sp³-hybridized carbons (Fsp3) is 0. The van der Waals surface area contributed by atoms with Crippen LogP contribution in [-0.2, 0) is 0 Å². The number of hydrogen-bond donors (Lipinski definition) is 0. The van der Waals surface area contributed by atoms with E-state index in [9.17, 15) is 0 Å². The molecule has 15 heavy (non-hydrogen) atoms. The normalized spacial score (nSPS) is 10.7. The predicted molar refractivity (Wildman–Crippen MR) is 62.8 cm³/mol. The molecule has 0 unspecified atom stereocenters. The lowest BCUT2D eigenvalue weighted by atomic mass is 10.1. The van der Waals surface area contributed by atoms with E-state index in [0.717, 1.165) is 0 Å². The fourth-order valence-electron chi connectivity index (χ4n) is 1.93. The smallest absolute Gasteiger partial charge is 0.0528 e. The van der Waals surface area contributed by atoms with Crippen LogP contribution in [0.1, 0.15) is 0 Å². The summed E-state index contributed by atoms with van der Waals surface area (Å²) in [7, 11) is 0. The highest BCUT2D eigenvalue weighted by Crippen LogP contribution is 2.24. The van der Waals surface area contributed by atoms with Crippen LogP contribution in [0.25, 0.3) is 16.6 Å². The topological polar surface area (TPSA) is 4.41 Å². The molecule has 0 bridgehead atoms. The molecule has 0 aliphatic heterocycles. The molecule has 3 rings (SSSR count). The van der Waals surface area contributed by atoms with E-state index in [4.69, 9.17) is 0 Å². The highest BCUT2D eigenvalue weighted by molar-refractivity contribution is 5.80. The lowest BCUT2D eigenvalue weighted by molar-refractivity contribution is 1.20. The molecular weight excluding hydrogens is 182 g/mol. The lowest BCUT2D eigenvalue weighted by Crippen LogP contribution is -1.84. The van der Waals surface area contributed by atoms with E-state index in [1.807, 2.05) is 6.07 Å². The molecule has 0 aliphatic rings. The molecule has 1 aromatic carbocycles. The van der Waals surface area contributed by atoms with E-state index in [1.54, 1.807) is 0 Å². The van der Waals surface area contributed by atoms with Gasteiger partial charge in [-0.2, -0.15) is 0 Å². The number of aromatic nitrogens is 1. The van der Waals surface area contributed by atoms with Gasteiger partial charge in [0.1, 0.15) is 0 Å². The van der Waals surface area contributed by atoms with Gasteiger partial charge < -0.3 is 4.40 Å². The molecule has 0 fully saturated rings. The number of fused-ring (bicyclic) bond motifs is 1. The first-order valence-corrected chi connectivity index (χ1v) is 5.06. The average Bonchev–Trinajstić information content (AvgIpc) is 2.78. The van der Waals surface area contributed by atoms with E-state index in [2.05, 4.69) is 65.3 Å². The van der Waals surface area contributed by atoms with Crippen molar-refractivity contribution in [2.45, 2.75) is 0 Å². The first-order valence-electron chi connectivity index (χ1n) is 5.06. The predicted octanol–water partition coefficient (Wildman–Crippen LogP) is 3.61. The highest BCUT2D eigenvalue weighted by atomic mass is 14.8. The van der Waals surface area contributed by atoms with Crippen LogP contribution in [0.5, 0.6) is 0 Å². The van der Waals surface area contributed by atoms with Gasteiger partial charge >= 0.3 is 0 Å². The van der Waals surface area contributed by atoms with Crippen molar-refractivity contribution < 1.29 is 0 Å². The summed E-state index contributed by atoms with van der Waals surface area (Å²) in [6.45, 7) is 0. The second-order valence-electron chi connectivity index (χ2n) is 3.59. The standard InChI is InChI=1S/C14H11N/c1-2-6-12(7-3-1)13-8-4-10-15-11-5-9-14(13)15/h1-11H. The van der Waals surface area contributed by atoms with E-state index in [-0.39, 0.29) is 0 Å². The van der Waals surface area contributed by atoms with Crippen molar-refractivity contribution in [3.05, 3.63) is 67.0 Å². The second-order valence-corrected chi connectivity index (χ2v) is 3.59. The maximum atomic E-state index is 2.16. The van der Waals surface area contributed by atoms with Crippen LogP contribution in [0.2, 0.25) is 0 Å². The molecule has 2 aromatic heterocycles. The molecule has 72 valence electrons. The van der Waals surface area contributed by atoms with Gasteiger partial charge in [0.05, 0.1) is 5.52 Å². The van der Waals surface area contributed by atoms with Gasteiger partial charge in [-0.25, -0.2) is 0 Å². The molecule has 0 aliphatic carbocycles. The van der Waals surface area contributed by atoms with Gasteiger partial charge in [-0.1, -0.05) is 36.4 Å². The molecule has 1 nitrogen and oxygen atoms in total. The summed E-state index contributed by atoms with van der Waals surface area (Å²) < 4.78 is 2.14. The minimum Gasteiger partial charge on any atom is -0.323 e. The Labute approximate surface area is 88.6 Å². The Hall–Kier alpha value is -2.02. The third kappa shape index (κ3) is 1.33. The monoisotopic (exact) mass is 193 g/mol. The zero-order valence-electron chi connectivity index (χ0n) is 8.30. The van der Waals surface area contributed by atoms with Crippen LogP contribution in [0, 0.1) is 0 Å². The molecule has 0 spiro atoms. The van der Waals surface area contributed by atoms with E-state index < -0.39 is 0 Å². The van der Waals surface area contributed by atoms with Gasteiger partial charge in [0.25, 0.3) is 0 Å². The molecule has 0 N–H and O–H groups in total. The Morgan fingerprint density at radius 1 is 0.667 bits per heavy atom. The second kappa shape index (κ2) is 3.28. The SMILES string of the molecule is c1ccc(-c2cccn3cccc23)cc1. The summed E-state index contributed by atoms with van der Waals surface area (Å²) in [6.07, 6.45) is 4.14. The molecular formula is C14H11N. The van der Waals surface area contributed by atoms with Gasteiger partial charge in [-0.3, -0.25) is 0 Å². The summed E-state index contributed by atoms with van der Waals surface area (Å²) >= 11 is 0. The van der Waals surface area contributed by atoms with Crippen molar-refractivity contribution in [3.63, 3.8) is 0 Å². The van der Waals surface area contributed by atoms with E-state index in [1.165, 1.54) is 16.6 Å². The number of hydrogen-bond acceptors (Lipinski definition) is 0. The molecule has 0 amide bonds. The van der Waals surface area contributed by atoms with Gasteiger partial charge in [0, 0.05) is 18.0 Å². The van der Waals surface area contributed by atoms with Gasteiger partial charge in [0.2, 0.25) is 0 Å². The number of nitrogens with zero attached hydrogens (tertiary/aromatic N) is 1. The van der Waals surface area contributed by atoms with Gasteiger partial charge in [-0.15, -0.1) is 0 Å². The third-order valence-corrected chi connectivity index (χ3v) is 2.65. The number of rotatable bonds is 1. The number of benzene rings is 1. The van der Waals surface area contributed by atoms with Crippen LogP contribution in [0.3, 0.4) is 0 Å². The minimum absolute atomic E-state index is 1.25. The molecule has 0 atom stereocenters. The van der Waals surface area contributed by atoms with E-state index in [0.29, 0.717) is 0 Å². The minimum atomic E-state index is 1.25. The molecule has 0 saturated heterocycles. The maximum Gasteiger partial charge on any atom is 0.0528 e. The van der Waals surface area contributed by atoms with Crippen molar-refractivity contribution in [1.82, 2.24) is 4.40 Å². The van der Waals surface area contributed by atoms with Crippen molar-refractivity contribution in [2.24, 2.45) is 0 Å².